The van der Waals surface area contributed by atoms with Gasteiger partial charge in [-0.15, -0.1) is 0 Å². The Hall–Kier alpha value is -1.46. The topological polar surface area (TPSA) is 41.6 Å². The van der Waals surface area contributed by atoms with Gasteiger partial charge >= 0.3 is 0 Å². The van der Waals surface area contributed by atoms with E-state index in [0.29, 0.717) is 29.5 Å². The lowest BCUT2D eigenvalue weighted by atomic mass is 9.73. The first kappa shape index (κ1) is 18.6. The van der Waals surface area contributed by atoms with Crippen LogP contribution < -0.4 is 5.32 Å². The van der Waals surface area contributed by atoms with Gasteiger partial charge in [0.05, 0.1) is 11.7 Å². The van der Waals surface area contributed by atoms with Crippen LogP contribution in [0.4, 0.5) is 4.39 Å². The summed E-state index contributed by atoms with van der Waals surface area (Å²) in [4.78, 5) is 15.3. The molecule has 4 atom stereocenters. The normalized spacial score (nSPS) is 35.3. The van der Waals surface area contributed by atoms with Gasteiger partial charge in [0, 0.05) is 43.1 Å². The summed E-state index contributed by atoms with van der Waals surface area (Å²) in [5.41, 5.74) is 0.880. The Morgan fingerprint density at radius 2 is 2.11 bits per heavy atom. The van der Waals surface area contributed by atoms with Gasteiger partial charge in [0.1, 0.15) is 5.82 Å². The van der Waals surface area contributed by atoms with Gasteiger partial charge in [-0.2, -0.15) is 0 Å². The Balaban J connectivity index is 1.26. The minimum absolute atomic E-state index is 0.0201. The lowest BCUT2D eigenvalue weighted by molar-refractivity contribution is -0.00286. The van der Waals surface area contributed by atoms with Crippen molar-refractivity contribution in [2.24, 2.45) is 11.8 Å². The van der Waals surface area contributed by atoms with E-state index in [9.17, 15) is 9.18 Å². The standard InChI is InChI=1S/C23H31FN2O2/c1-15-17(8-5-9-20(15)24)22(27)25-12-18-19-13-26(16-6-3-2-4-7-16)14-23(19)11-10-21(18)28-23/h5,8-9,16,18-19,21H,2-4,6-7,10-14H2,1H3,(H,25,27)/t18-,19+,21+,23+/m0/s1. The largest absolute Gasteiger partial charge is 0.370 e. The first-order valence-corrected chi connectivity index (χ1v) is 11.0. The van der Waals surface area contributed by atoms with E-state index in [4.69, 9.17) is 4.74 Å². The fraction of sp³-hybridized carbons (Fsp3) is 0.696. The molecule has 3 saturated heterocycles. The first-order valence-electron chi connectivity index (χ1n) is 11.0. The van der Waals surface area contributed by atoms with E-state index in [2.05, 4.69) is 10.2 Å². The number of likely N-dealkylation sites (tertiary alicyclic amines) is 1. The van der Waals surface area contributed by atoms with Gasteiger partial charge in [-0.1, -0.05) is 25.3 Å². The summed E-state index contributed by atoms with van der Waals surface area (Å²) in [6.07, 6.45) is 9.29. The molecule has 4 aliphatic rings. The molecule has 1 spiro atoms. The van der Waals surface area contributed by atoms with Gasteiger partial charge in [-0.25, -0.2) is 4.39 Å². The molecule has 1 N–H and O–H groups in total. The highest BCUT2D eigenvalue weighted by Gasteiger charge is 2.63. The lowest BCUT2D eigenvalue weighted by Crippen LogP contribution is -2.42. The molecule has 3 aliphatic heterocycles. The summed E-state index contributed by atoms with van der Waals surface area (Å²) in [5.74, 6) is 0.395. The second kappa shape index (κ2) is 7.10. The highest BCUT2D eigenvalue weighted by atomic mass is 19.1. The maximum atomic E-state index is 13.8. The summed E-state index contributed by atoms with van der Waals surface area (Å²) >= 11 is 0. The maximum absolute atomic E-state index is 13.8. The molecule has 3 heterocycles. The summed E-state index contributed by atoms with van der Waals surface area (Å²) in [6, 6.07) is 5.43. The molecular weight excluding hydrogens is 355 g/mol. The average Bonchev–Trinajstić information content (AvgIpc) is 3.37. The van der Waals surface area contributed by atoms with Crippen LogP contribution in [0.1, 0.15) is 60.9 Å². The van der Waals surface area contributed by atoms with Crippen molar-refractivity contribution in [1.82, 2.24) is 10.2 Å². The quantitative estimate of drug-likeness (QED) is 0.858. The van der Waals surface area contributed by atoms with Crippen LogP contribution in [0.5, 0.6) is 0 Å². The van der Waals surface area contributed by atoms with Crippen molar-refractivity contribution in [3.8, 4) is 0 Å². The number of ether oxygens (including phenoxy) is 1. The molecule has 2 bridgehead atoms. The number of benzene rings is 1. The van der Waals surface area contributed by atoms with Gasteiger partial charge in [0.15, 0.2) is 0 Å². The van der Waals surface area contributed by atoms with Crippen LogP contribution in [0.15, 0.2) is 18.2 Å². The van der Waals surface area contributed by atoms with Crippen molar-refractivity contribution in [2.75, 3.05) is 19.6 Å². The van der Waals surface area contributed by atoms with Crippen molar-refractivity contribution in [3.05, 3.63) is 35.1 Å². The first-order chi connectivity index (χ1) is 13.6. The number of rotatable bonds is 4. The lowest BCUT2D eigenvalue weighted by Gasteiger charge is -2.32. The zero-order valence-corrected chi connectivity index (χ0v) is 16.8. The zero-order chi connectivity index (χ0) is 19.3. The molecule has 152 valence electrons. The molecule has 28 heavy (non-hydrogen) atoms. The monoisotopic (exact) mass is 386 g/mol. The van der Waals surface area contributed by atoms with E-state index < -0.39 is 0 Å². The van der Waals surface area contributed by atoms with Gasteiger partial charge in [-0.05, 0) is 50.3 Å². The van der Waals surface area contributed by atoms with Crippen LogP contribution in [-0.2, 0) is 4.74 Å². The molecule has 0 aromatic heterocycles. The van der Waals surface area contributed by atoms with Crippen LogP contribution in [0, 0.1) is 24.6 Å². The van der Waals surface area contributed by atoms with Crippen LogP contribution in [0.3, 0.4) is 0 Å². The number of hydrogen-bond acceptors (Lipinski definition) is 3. The van der Waals surface area contributed by atoms with Crippen LogP contribution in [0.2, 0.25) is 0 Å². The number of amides is 1. The molecule has 1 aromatic carbocycles. The third-order valence-corrected chi connectivity index (χ3v) is 7.91. The van der Waals surface area contributed by atoms with Gasteiger partial charge in [-0.3, -0.25) is 9.69 Å². The fourth-order valence-electron chi connectivity index (χ4n) is 6.38. The summed E-state index contributed by atoms with van der Waals surface area (Å²) < 4.78 is 20.3. The van der Waals surface area contributed by atoms with Crippen molar-refractivity contribution in [2.45, 2.75) is 69.6 Å². The van der Waals surface area contributed by atoms with Crippen LogP contribution >= 0.6 is 0 Å². The van der Waals surface area contributed by atoms with E-state index in [1.165, 1.54) is 44.6 Å². The smallest absolute Gasteiger partial charge is 0.251 e. The Bertz CT molecular complexity index is 763. The molecule has 1 aromatic rings. The van der Waals surface area contributed by atoms with E-state index in [0.717, 1.165) is 25.6 Å². The number of nitrogens with zero attached hydrogens (tertiary/aromatic N) is 1. The van der Waals surface area contributed by atoms with Gasteiger partial charge in [0.2, 0.25) is 0 Å². The molecule has 5 heteroatoms. The highest BCUT2D eigenvalue weighted by molar-refractivity contribution is 5.95. The van der Waals surface area contributed by atoms with E-state index in [1.54, 1.807) is 19.1 Å². The predicted octanol–water partition coefficient (Wildman–Crippen LogP) is 3.68. The number of hydrogen-bond donors (Lipinski definition) is 1. The molecule has 4 nitrogen and oxygen atoms in total. The highest BCUT2D eigenvalue weighted by Crippen LogP contribution is 2.55. The third-order valence-electron chi connectivity index (χ3n) is 7.91. The van der Waals surface area contributed by atoms with Gasteiger partial charge < -0.3 is 10.1 Å². The van der Waals surface area contributed by atoms with Crippen LogP contribution in [-0.4, -0.2) is 48.2 Å². The maximum Gasteiger partial charge on any atom is 0.251 e. The average molecular weight is 387 g/mol. The molecule has 4 fully saturated rings. The SMILES string of the molecule is Cc1c(F)cccc1C(=O)NC[C@H]1[C@H]2CN(C3CCCCC3)C[C@]23CC[C@H]1O3. The molecule has 0 unspecified atom stereocenters. The number of carbonyl (C=O) groups is 1. The Morgan fingerprint density at radius 3 is 2.93 bits per heavy atom. The Kier molecular flexibility index (Phi) is 4.71. The van der Waals surface area contributed by atoms with Crippen molar-refractivity contribution in [1.29, 1.82) is 0 Å². The van der Waals surface area contributed by atoms with Crippen molar-refractivity contribution in [3.63, 3.8) is 0 Å². The second-order valence-corrected chi connectivity index (χ2v) is 9.37. The minimum atomic E-state index is -0.325. The Labute approximate surface area is 166 Å². The molecule has 1 aliphatic carbocycles. The van der Waals surface area contributed by atoms with Crippen molar-refractivity contribution < 1.29 is 13.9 Å². The number of nitrogens with one attached hydrogen (secondary N) is 1. The third kappa shape index (κ3) is 2.98. The molecular formula is C23H31FN2O2. The fourth-order valence-corrected chi connectivity index (χ4v) is 6.38. The molecule has 0 radical (unpaired) electrons. The molecule has 1 amide bonds. The summed E-state index contributed by atoms with van der Waals surface area (Å²) in [7, 11) is 0. The van der Waals surface area contributed by atoms with E-state index in [1.807, 2.05) is 0 Å². The Morgan fingerprint density at radius 1 is 1.29 bits per heavy atom. The molecule has 5 rings (SSSR count). The summed E-state index contributed by atoms with van der Waals surface area (Å²) in [6.45, 7) is 4.48. The van der Waals surface area contributed by atoms with Gasteiger partial charge in [0.25, 0.3) is 5.91 Å². The second-order valence-electron chi connectivity index (χ2n) is 9.37. The minimum Gasteiger partial charge on any atom is -0.370 e. The van der Waals surface area contributed by atoms with Crippen molar-refractivity contribution >= 4 is 5.91 Å². The summed E-state index contributed by atoms with van der Waals surface area (Å²) in [5, 5.41) is 3.09. The number of halogens is 1. The molecule has 1 saturated carbocycles. The zero-order valence-electron chi connectivity index (χ0n) is 16.8. The number of fused-ring (bicyclic) bond motifs is 1. The van der Waals surface area contributed by atoms with Crippen LogP contribution in [0.25, 0.3) is 0 Å². The number of carbonyl (C=O) groups excluding carboxylic acids is 1. The van der Waals surface area contributed by atoms with E-state index in [-0.39, 0.29) is 23.4 Å². The predicted molar refractivity (Wildman–Crippen MR) is 106 cm³/mol. The van der Waals surface area contributed by atoms with E-state index >= 15 is 0 Å².